The molecule has 11 aromatic rings. The van der Waals surface area contributed by atoms with E-state index in [1.807, 2.05) is 120 Å². The highest BCUT2D eigenvalue weighted by Gasteiger charge is 2.49. The molecule has 1 atom stereocenters. The summed E-state index contributed by atoms with van der Waals surface area (Å²) in [6, 6.07) is 79.0. The number of hydrogen-bond donors (Lipinski definition) is 0. The van der Waals surface area contributed by atoms with Crippen LogP contribution in [0.5, 0.6) is 0 Å². The Kier molecular flexibility index (Phi) is 8.66. The van der Waals surface area contributed by atoms with Crippen molar-refractivity contribution in [2.75, 3.05) is 9.34 Å². The second-order valence-electron chi connectivity index (χ2n) is 15.8. The van der Waals surface area contributed by atoms with Crippen LogP contribution in [0, 0.1) is 0 Å². The zero-order chi connectivity index (χ0) is 41.9. The van der Waals surface area contributed by atoms with Gasteiger partial charge in [0.05, 0.1) is 38.9 Å². The smallest absolute Gasteiger partial charge is 0.301 e. The van der Waals surface area contributed by atoms with Crippen molar-refractivity contribution in [1.29, 1.82) is 0 Å². The minimum Gasteiger partial charge on any atom is -0.309 e. The molecule has 0 aliphatic carbocycles. The quantitative estimate of drug-likeness (QED) is 0.150. The van der Waals surface area contributed by atoms with E-state index in [1.165, 1.54) is 0 Å². The standard InChI is InChI=1S/C56H38N5OP/c62-63(46-26-14-5-15-27-46)60(43-22-10-3-11-23-43)53-35-31-42(37-54(53)61(63)44-24-12-4-13-25-44)41-30-34-52-49(36-41)47-28-16-17-29-51(47)59(52)45-32-33-48-50(38-45)57-56(40-20-8-2-9-21-40)58-55(48)39-18-6-1-7-19-39/h1-38H. The van der Waals surface area contributed by atoms with Gasteiger partial charge in [0, 0.05) is 44.3 Å². The van der Waals surface area contributed by atoms with Crippen molar-refractivity contribution in [3.05, 3.63) is 231 Å². The second-order valence-corrected chi connectivity index (χ2v) is 18.2. The lowest BCUT2D eigenvalue weighted by atomic mass is 10.0. The summed E-state index contributed by atoms with van der Waals surface area (Å²) >= 11 is 0. The van der Waals surface area contributed by atoms with Gasteiger partial charge in [0.15, 0.2) is 5.82 Å². The minimum atomic E-state index is -3.49. The highest BCUT2D eigenvalue weighted by molar-refractivity contribution is 7.76. The summed E-state index contributed by atoms with van der Waals surface area (Å²) in [7, 11) is -3.49. The van der Waals surface area contributed by atoms with E-state index in [-0.39, 0.29) is 0 Å². The van der Waals surface area contributed by atoms with Crippen LogP contribution in [-0.2, 0) is 4.57 Å². The molecule has 0 radical (unpaired) electrons. The van der Waals surface area contributed by atoms with Crippen LogP contribution in [0.3, 0.4) is 0 Å². The van der Waals surface area contributed by atoms with Crippen molar-refractivity contribution >= 4 is 68.2 Å². The molecule has 9 aromatic carbocycles. The Bertz CT molecular complexity index is 3540. The van der Waals surface area contributed by atoms with Gasteiger partial charge in [-0.1, -0.05) is 146 Å². The molecule has 1 unspecified atom stereocenters. The molecule has 0 saturated carbocycles. The molecule has 0 amide bonds. The normalized spacial score (nSPS) is 14.7. The number of rotatable bonds is 7. The molecule has 0 saturated heterocycles. The number of benzene rings is 9. The number of aromatic nitrogens is 3. The van der Waals surface area contributed by atoms with Gasteiger partial charge in [-0.15, -0.1) is 0 Å². The molecule has 1 aliphatic heterocycles. The third kappa shape index (κ3) is 5.99. The molecule has 0 bridgehead atoms. The molecule has 0 spiro atoms. The Hall–Kier alpha value is -8.05. The Morgan fingerprint density at radius 1 is 0.365 bits per heavy atom. The molecule has 6 nitrogen and oxygen atoms in total. The van der Waals surface area contributed by atoms with Crippen molar-refractivity contribution in [2.45, 2.75) is 0 Å². The average molecular weight is 828 g/mol. The molecule has 1 aliphatic rings. The Morgan fingerprint density at radius 2 is 0.921 bits per heavy atom. The lowest BCUT2D eigenvalue weighted by Gasteiger charge is -2.33. The van der Waals surface area contributed by atoms with Crippen LogP contribution in [0.4, 0.5) is 22.7 Å². The van der Waals surface area contributed by atoms with E-state index in [4.69, 9.17) is 9.97 Å². The second kappa shape index (κ2) is 14.8. The van der Waals surface area contributed by atoms with Crippen molar-refractivity contribution in [3.8, 4) is 39.5 Å². The van der Waals surface area contributed by atoms with Crippen LogP contribution < -0.4 is 14.6 Å². The first kappa shape index (κ1) is 36.8. The molecular weight excluding hydrogens is 790 g/mol. The molecule has 12 rings (SSSR count). The Balaban J connectivity index is 1.03. The molecule has 0 N–H and O–H groups in total. The van der Waals surface area contributed by atoms with Gasteiger partial charge in [-0.05, 0) is 96.1 Å². The number of nitrogens with zero attached hydrogens (tertiary/aromatic N) is 5. The Labute approximate surface area is 365 Å². The van der Waals surface area contributed by atoms with E-state index < -0.39 is 7.44 Å². The molecule has 7 heteroatoms. The first-order valence-corrected chi connectivity index (χ1v) is 22.7. The summed E-state index contributed by atoms with van der Waals surface area (Å²) in [5.41, 5.74) is 12.7. The summed E-state index contributed by atoms with van der Waals surface area (Å²) in [5, 5.41) is 4.05. The number of fused-ring (bicyclic) bond motifs is 5. The van der Waals surface area contributed by atoms with E-state index in [0.29, 0.717) is 5.82 Å². The van der Waals surface area contributed by atoms with E-state index in [2.05, 4.69) is 124 Å². The van der Waals surface area contributed by atoms with Gasteiger partial charge in [-0.25, -0.2) is 9.97 Å². The minimum absolute atomic E-state index is 0.693. The fourth-order valence-electron chi connectivity index (χ4n) is 9.24. The first-order valence-electron chi connectivity index (χ1n) is 21.1. The van der Waals surface area contributed by atoms with Gasteiger partial charge in [0.2, 0.25) is 0 Å². The van der Waals surface area contributed by atoms with Gasteiger partial charge < -0.3 is 4.57 Å². The number of hydrogen-bond acceptors (Lipinski definition) is 3. The first-order chi connectivity index (χ1) is 31.1. The van der Waals surface area contributed by atoms with Crippen LogP contribution in [0.25, 0.3) is 72.2 Å². The highest BCUT2D eigenvalue weighted by Crippen LogP contribution is 2.70. The van der Waals surface area contributed by atoms with E-state index >= 15 is 4.57 Å². The Morgan fingerprint density at radius 3 is 1.62 bits per heavy atom. The highest BCUT2D eigenvalue weighted by atomic mass is 31.2. The summed E-state index contributed by atoms with van der Waals surface area (Å²) in [4.78, 5) is 10.3. The summed E-state index contributed by atoms with van der Waals surface area (Å²) < 4.78 is 22.6. The maximum atomic E-state index is 16.1. The SMILES string of the molecule is O=P1(c2ccccc2)N(c2ccccc2)c2ccc(-c3ccc4c(c3)c3ccccc3n4-c3ccc4c(-c5ccccc5)nc(-c5ccccc5)nc4c3)cc2N1c1ccccc1. The maximum absolute atomic E-state index is 16.1. The zero-order valence-corrected chi connectivity index (χ0v) is 34.9. The third-order valence-electron chi connectivity index (χ3n) is 12.1. The largest absolute Gasteiger partial charge is 0.309 e. The fraction of sp³-hybridized carbons (Fsp3) is 0. The fourth-order valence-corrected chi connectivity index (χ4v) is 12.2. The summed E-state index contributed by atoms with van der Waals surface area (Å²) in [6.45, 7) is 0. The zero-order valence-electron chi connectivity index (χ0n) is 34.0. The van der Waals surface area contributed by atoms with Gasteiger partial charge >= 0.3 is 7.44 Å². The molecule has 63 heavy (non-hydrogen) atoms. The van der Waals surface area contributed by atoms with Crippen LogP contribution in [0.1, 0.15) is 0 Å². The monoisotopic (exact) mass is 827 g/mol. The van der Waals surface area contributed by atoms with Gasteiger partial charge in [0.25, 0.3) is 0 Å². The molecular formula is C56H38N5OP. The lowest BCUT2D eigenvalue weighted by Crippen LogP contribution is -2.26. The molecule has 298 valence electrons. The third-order valence-corrected chi connectivity index (χ3v) is 15.0. The van der Waals surface area contributed by atoms with Crippen LogP contribution >= 0.6 is 7.44 Å². The van der Waals surface area contributed by atoms with Gasteiger partial charge in [-0.2, -0.15) is 0 Å². The molecule has 3 heterocycles. The lowest BCUT2D eigenvalue weighted by molar-refractivity contribution is 0.582. The number of anilines is 4. The molecule has 0 fully saturated rings. The van der Waals surface area contributed by atoms with Crippen molar-refractivity contribution in [3.63, 3.8) is 0 Å². The molecule has 2 aromatic heterocycles. The average Bonchev–Trinajstić information content (AvgIpc) is 3.83. The van der Waals surface area contributed by atoms with Crippen molar-refractivity contribution in [2.24, 2.45) is 0 Å². The van der Waals surface area contributed by atoms with Crippen LogP contribution in [0.2, 0.25) is 0 Å². The van der Waals surface area contributed by atoms with Crippen LogP contribution in [0.15, 0.2) is 231 Å². The predicted octanol–water partition coefficient (Wildman–Crippen LogP) is 14.5. The van der Waals surface area contributed by atoms with Crippen LogP contribution in [-0.4, -0.2) is 14.5 Å². The summed E-state index contributed by atoms with van der Waals surface area (Å²) in [5.74, 6) is 0.693. The van der Waals surface area contributed by atoms with Crippen molar-refractivity contribution < 1.29 is 4.57 Å². The van der Waals surface area contributed by atoms with E-state index in [0.717, 1.165) is 94.4 Å². The predicted molar refractivity (Wildman–Crippen MR) is 261 cm³/mol. The number of para-hydroxylation sites is 3. The van der Waals surface area contributed by atoms with E-state index in [9.17, 15) is 0 Å². The van der Waals surface area contributed by atoms with Gasteiger partial charge in [0.1, 0.15) is 0 Å². The van der Waals surface area contributed by atoms with Crippen molar-refractivity contribution in [1.82, 2.24) is 14.5 Å². The maximum Gasteiger partial charge on any atom is 0.301 e. The van der Waals surface area contributed by atoms with Gasteiger partial charge in [-0.3, -0.25) is 13.9 Å². The summed E-state index contributed by atoms with van der Waals surface area (Å²) in [6.07, 6.45) is 0. The van der Waals surface area contributed by atoms with E-state index in [1.54, 1.807) is 0 Å². The topological polar surface area (TPSA) is 54.3 Å².